The van der Waals surface area contributed by atoms with E-state index >= 15 is 0 Å². The topological polar surface area (TPSA) is 46.1 Å². The third-order valence-corrected chi connectivity index (χ3v) is 4.38. The highest BCUT2D eigenvalue weighted by molar-refractivity contribution is 5.94. The summed E-state index contributed by atoms with van der Waals surface area (Å²) in [6.45, 7) is 3.24. The lowest BCUT2D eigenvalue weighted by atomic mass is 10.1. The molecule has 0 saturated heterocycles. The van der Waals surface area contributed by atoms with Crippen LogP contribution in [-0.4, -0.2) is 20.8 Å². The van der Waals surface area contributed by atoms with E-state index in [1.807, 2.05) is 24.0 Å². The summed E-state index contributed by atoms with van der Waals surface area (Å²) < 4.78 is 0. The predicted octanol–water partition coefficient (Wildman–Crippen LogP) is 2.43. The Morgan fingerprint density at radius 2 is 1.81 bits per heavy atom. The van der Waals surface area contributed by atoms with E-state index in [2.05, 4.69) is 22.1 Å². The van der Waals surface area contributed by atoms with Gasteiger partial charge in [0.25, 0.3) is 5.91 Å². The second-order valence-corrected chi connectivity index (χ2v) is 5.83. The van der Waals surface area contributed by atoms with Gasteiger partial charge in [-0.2, -0.15) is 0 Å². The number of nitrogens with zero attached hydrogens (tertiary/aromatic N) is 3. The van der Waals surface area contributed by atoms with Gasteiger partial charge in [-0.25, -0.2) is 9.97 Å². The van der Waals surface area contributed by atoms with E-state index in [1.165, 1.54) is 11.1 Å². The van der Waals surface area contributed by atoms with Crippen LogP contribution in [0, 0.1) is 6.92 Å². The zero-order chi connectivity index (χ0) is 14.4. The molecule has 4 nitrogen and oxygen atoms in total. The van der Waals surface area contributed by atoms with Gasteiger partial charge >= 0.3 is 0 Å². The number of hydrogen-bond acceptors (Lipinski definition) is 3. The molecule has 0 fully saturated rings. The van der Waals surface area contributed by atoms with Gasteiger partial charge in [-0.05, 0) is 37.3 Å². The fraction of sp³-hybridized carbons (Fsp3) is 0.353. The molecule has 0 atom stereocenters. The summed E-state index contributed by atoms with van der Waals surface area (Å²) in [5, 5.41) is 0. The molecule has 0 spiro atoms. The van der Waals surface area contributed by atoms with Crippen molar-refractivity contribution < 1.29 is 4.79 Å². The molecule has 4 rings (SSSR count). The molecule has 106 valence electrons. The monoisotopic (exact) mass is 279 g/mol. The number of carbonyl (C=O) groups excluding carboxylic acids is 1. The van der Waals surface area contributed by atoms with Gasteiger partial charge < -0.3 is 4.90 Å². The summed E-state index contributed by atoms with van der Waals surface area (Å²) in [6.07, 6.45) is 2.98. The average Bonchev–Trinajstić information content (AvgIpc) is 3.11. The molecule has 1 aliphatic carbocycles. The molecule has 0 N–H and O–H groups in total. The minimum Gasteiger partial charge on any atom is -0.329 e. The van der Waals surface area contributed by atoms with Gasteiger partial charge in [0, 0.05) is 24.3 Å². The van der Waals surface area contributed by atoms with Crippen molar-refractivity contribution in [2.24, 2.45) is 0 Å². The van der Waals surface area contributed by atoms with Gasteiger partial charge in [-0.1, -0.05) is 24.3 Å². The highest BCUT2D eigenvalue weighted by Gasteiger charge is 2.29. The van der Waals surface area contributed by atoms with Crippen LogP contribution in [0.2, 0.25) is 0 Å². The molecule has 2 aliphatic rings. The van der Waals surface area contributed by atoms with E-state index in [0.29, 0.717) is 24.6 Å². The Morgan fingerprint density at radius 1 is 1.10 bits per heavy atom. The third kappa shape index (κ3) is 2.02. The molecule has 2 heterocycles. The third-order valence-electron chi connectivity index (χ3n) is 4.38. The van der Waals surface area contributed by atoms with Gasteiger partial charge in [0.2, 0.25) is 0 Å². The Morgan fingerprint density at radius 3 is 2.52 bits per heavy atom. The van der Waals surface area contributed by atoms with Crippen molar-refractivity contribution in [3.8, 4) is 0 Å². The van der Waals surface area contributed by atoms with Crippen LogP contribution < -0.4 is 0 Å². The Bertz CT molecular complexity index is 714. The maximum atomic E-state index is 12.9. The summed E-state index contributed by atoms with van der Waals surface area (Å²) in [5.74, 6) is 0.755. The van der Waals surface area contributed by atoms with E-state index in [0.717, 1.165) is 30.5 Å². The van der Waals surface area contributed by atoms with E-state index < -0.39 is 0 Å². The molecule has 1 aliphatic heterocycles. The Kier molecular flexibility index (Phi) is 2.77. The van der Waals surface area contributed by atoms with Crippen molar-refractivity contribution >= 4 is 5.91 Å². The highest BCUT2D eigenvalue weighted by atomic mass is 16.2. The molecule has 21 heavy (non-hydrogen) atoms. The van der Waals surface area contributed by atoms with Gasteiger partial charge in [0.1, 0.15) is 11.5 Å². The number of benzene rings is 1. The SMILES string of the molecule is Cc1nc2c(c(C(=O)N3Cc4ccccc4C3)n1)CCC2. The number of amides is 1. The fourth-order valence-electron chi connectivity index (χ4n) is 3.36. The van der Waals surface area contributed by atoms with Crippen LogP contribution in [0.4, 0.5) is 0 Å². The minimum absolute atomic E-state index is 0.0508. The van der Waals surface area contributed by atoms with E-state index in [-0.39, 0.29) is 5.91 Å². The first-order chi connectivity index (χ1) is 10.2. The fourth-order valence-corrected chi connectivity index (χ4v) is 3.36. The van der Waals surface area contributed by atoms with Gasteiger partial charge in [0.15, 0.2) is 0 Å². The lowest BCUT2D eigenvalue weighted by Gasteiger charge is -2.17. The number of hydrogen-bond donors (Lipinski definition) is 0. The molecule has 1 aromatic carbocycles. The molecule has 0 unspecified atom stereocenters. The molecule has 1 amide bonds. The second-order valence-electron chi connectivity index (χ2n) is 5.83. The quantitative estimate of drug-likeness (QED) is 0.805. The van der Waals surface area contributed by atoms with Crippen LogP contribution >= 0.6 is 0 Å². The van der Waals surface area contributed by atoms with Crippen LogP contribution in [0.1, 0.15) is 45.1 Å². The van der Waals surface area contributed by atoms with Crippen LogP contribution in [-0.2, 0) is 25.9 Å². The summed E-state index contributed by atoms with van der Waals surface area (Å²) in [7, 11) is 0. The standard InChI is InChI=1S/C17H17N3O/c1-11-18-15-8-4-7-14(15)16(19-11)17(21)20-9-12-5-2-3-6-13(12)10-20/h2-3,5-6H,4,7-10H2,1H3. The van der Waals surface area contributed by atoms with Crippen molar-refractivity contribution in [1.29, 1.82) is 0 Å². The van der Waals surface area contributed by atoms with E-state index in [4.69, 9.17) is 0 Å². The second kappa shape index (κ2) is 4.65. The molecule has 1 aromatic heterocycles. The maximum absolute atomic E-state index is 12.9. The van der Waals surface area contributed by atoms with Crippen LogP contribution in [0.25, 0.3) is 0 Å². The van der Waals surface area contributed by atoms with Crippen molar-refractivity contribution in [3.05, 3.63) is 58.2 Å². The molecule has 0 saturated carbocycles. The van der Waals surface area contributed by atoms with Crippen molar-refractivity contribution in [1.82, 2.24) is 14.9 Å². The highest BCUT2D eigenvalue weighted by Crippen LogP contribution is 2.27. The lowest BCUT2D eigenvalue weighted by molar-refractivity contribution is 0.0743. The first-order valence-corrected chi connectivity index (χ1v) is 7.45. The smallest absolute Gasteiger partial charge is 0.273 e. The van der Waals surface area contributed by atoms with Crippen molar-refractivity contribution in [2.45, 2.75) is 39.3 Å². The maximum Gasteiger partial charge on any atom is 0.273 e. The molecule has 0 bridgehead atoms. The number of rotatable bonds is 1. The van der Waals surface area contributed by atoms with E-state index in [1.54, 1.807) is 0 Å². The molecule has 0 radical (unpaired) electrons. The summed E-state index contributed by atoms with van der Waals surface area (Å²) in [5.41, 5.74) is 5.26. The first-order valence-electron chi connectivity index (χ1n) is 7.45. The zero-order valence-electron chi connectivity index (χ0n) is 12.1. The Balaban J connectivity index is 1.68. The van der Waals surface area contributed by atoms with Gasteiger partial charge in [-0.3, -0.25) is 4.79 Å². The van der Waals surface area contributed by atoms with Crippen LogP contribution in [0.15, 0.2) is 24.3 Å². The first kappa shape index (κ1) is 12.5. The summed E-state index contributed by atoms with van der Waals surface area (Å²) in [6, 6.07) is 8.25. The van der Waals surface area contributed by atoms with Gasteiger partial charge in [0.05, 0.1) is 0 Å². The predicted molar refractivity (Wildman–Crippen MR) is 78.8 cm³/mol. The molecular weight excluding hydrogens is 262 g/mol. The number of aryl methyl sites for hydroxylation is 2. The summed E-state index contributed by atoms with van der Waals surface area (Å²) >= 11 is 0. The Labute approximate surface area is 123 Å². The zero-order valence-corrected chi connectivity index (χ0v) is 12.1. The number of fused-ring (bicyclic) bond motifs is 2. The van der Waals surface area contributed by atoms with E-state index in [9.17, 15) is 4.79 Å². The van der Waals surface area contributed by atoms with Crippen molar-refractivity contribution in [2.75, 3.05) is 0 Å². The molecular formula is C17H17N3O. The number of aromatic nitrogens is 2. The van der Waals surface area contributed by atoms with Crippen LogP contribution in [0.5, 0.6) is 0 Å². The average molecular weight is 279 g/mol. The number of carbonyl (C=O) groups is 1. The normalized spacial score (nSPS) is 16.0. The van der Waals surface area contributed by atoms with Crippen molar-refractivity contribution in [3.63, 3.8) is 0 Å². The molecule has 2 aromatic rings. The summed E-state index contributed by atoms with van der Waals surface area (Å²) in [4.78, 5) is 23.7. The largest absolute Gasteiger partial charge is 0.329 e. The lowest BCUT2D eigenvalue weighted by Crippen LogP contribution is -2.28. The molecule has 4 heteroatoms. The van der Waals surface area contributed by atoms with Crippen LogP contribution in [0.3, 0.4) is 0 Å². The minimum atomic E-state index is 0.0508. The Hall–Kier alpha value is -2.23. The van der Waals surface area contributed by atoms with Gasteiger partial charge in [-0.15, -0.1) is 0 Å².